The Morgan fingerprint density at radius 3 is 2.81 bits per heavy atom. The molecule has 1 fully saturated rings. The van der Waals surface area contributed by atoms with Gasteiger partial charge in [-0.2, -0.15) is 0 Å². The van der Waals surface area contributed by atoms with Crippen molar-refractivity contribution in [3.63, 3.8) is 0 Å². The van der Waals surface area contributed by atoms with Crippen LogP contribution in [0.1, 0.15) is 17.9 Å². The van der Waals surface area contributed by atoms with Crippen LogP contribution in [-0.4, -0.2) is 42.0 Å². The van der Waals surface area contributed by atoms with E-state index in [9.17, 15) is 14.7 Å². The van der Waals surface area contributed by atoms with E-state index in [1.807, 2.05) is 6.07 Å². The van der Waals surface area contributed by atoms with Gasteiger partial charge in [0, 0.05) is 12.5 Å². The van der Waals surface area contributed by atoms with Gasteiger partial charge in [-0.25, -0.2) is 9.59 Å². The van der Waals surface area contributed by atoms with Crippen LogP contribution in [-0.2, 0) is 4.29 Å². The molecule has 2 heterocycles. The number of likely N-dealkylation sites (tertiary alicyclic amines) is 1. The molecule has 2 aliphatic heterocycles. The highest BCUT2D eigenvalue weighted by Gasteiger charge is 2.51. The van der Waals surface area contributed by atoms with Crippen LogP contribution in [0.3, 0.4) is 0 Å². The molecule has 1 aromatic carbocycles. The third-order valence-electron chi connectivity index (χ3n) is 4.03. The Bertz CT molecular complexity index is 608. The Labute approximate surface area is 125 Å². The Hall–Kier alpha value is -2.15. The first-order chi connectivity index (χ1) is 10.1. The molecule has 0 radical (unpaired) electrons. The summed E-state index contributed by atoms with van der Waals surface area (Å²) in [6, 6.07) is 5.24. The Morgan fingerprint density at radius 1 is 1.43 bits per heavy atom. The second kappa shape index (κ2) is 5.00. The lowest BCUT2D eigenvalue weighted by Gasteiger charge is -2.28. The number of methoxy groups -OCH3 is 1. The van der Waals surface area contributed by atoms with Gasteiger partial charge in [0.1, 0.15) is 23.8 Å². The number of anilines is 1. The smallest absolute Gasteiger partial charge is 0.434 e. The molecule has 8 heteroatoms. The highest BCUT2D eigenvalue weighted by Crippen LogP contribution is 2.49. The number of carboxylic acid groups (broad SMARTS) is 1. The molecule has 7 nitrogen and oxygen atoms in total. The number of hydrogen-bond donors (Lipinski definition) is 1. The summed E-state index contributed by atoms with van der Waals surface area (Å²) in [7, 11) is 1.55. The van der Waals surface area contributed by atoms with E-state index in [0.29, 0.717) is 24.4 Å². The zero-order valence-electron chi connectivity index (χ0n) is 11.2. The first-order valence-electron chi connectivity index (χ1n) is 6.37. The number of ether oxygens (including phenoxy) is 1. The van der Waals surface area contributed by atoms with Crippen LogP contribution >= 0.6 is 11.9 Å². The number of halogens is 1. The van der Waals surface area contributed by atoms with Crippen molar-refractivity contribution in [1.29, 1.82) is 0 Å². The highest BCUT2D eigenvalue weighted by atomic mass is 35.5. The van der Waals surface area contributed by atoms with Gasteiger partial charge in [0.05, 0.1) is 12.8 Å². The summed E-state index contributed by atoms with van der Waals surface area (Å²) >= 11 is 5.19. The van der Waals surface area contributed by atoms with Gasteiger partial charge >= 0.3 is 12.2 Å². The standard InChI is InChI=1S/C13H13ClN2O5/c1-20-7-2-3-10-9(6-7)8-4-5-15(12(17)18)11(8)16(10)13(19)21-14/h2-3,6,8,11H,4-5H2,1H3,(H,17,18). The molecule has 0 saturated carbocycles. The average Bonchev–Trinajstić information content (AvgIpc) is 3.03. The number of hydrogen-bond acceptors (Lipinski definition) is 4. The minimum absolute atomic E-state index is 0.109. The van der Waals surface area contributed by atoms with E-state index in [1.165, 1.54) is 9.80 Å². The van der Waals surface area contributed by atoms with Gasteiger partial charge in [-0.3, -0.25) is 9.80 Å². The van der Waals surface area contributed by atoms with E-state index < -0.39 is 18.4 Å². The van der Waals surface area contributed by atoms with E-state index >= 15 is 0 Å². The number of benzene rings is 1. The van der Waals surface area contributed by atoms with Crippen molar-refractivity contribution in [2.75, 3.05) is 18.6 Å². The molecule has 0 spiro atoms. The third-order valence-corrected chi connectivity index (χ3v) is 4.16. The molecule has 2 unspecified atom stereocenters. The number of carbonyl (C=O) groups excluding carboxylic acids is 1. The van der Waals surface area contributed by atoms with Gasteiger partial charge < -0.3 is 14.1 Å². The maximum Gasteiger partial charge on any atom is 0.434 e. The summed E-state index contributed by atoms with van der Waals surface area (Å²) in [4.78, 5) is 25.8. The molecule has 112 valence electrons. The van der Waals surface area contributed by atoms with Crippen molar-refractivity contribution in [3.8, 4) is 5.75 Å². The second-order valence-electron chi connectivity index (χ2n) is 4.92. The van der Waals surface area contributed by atoms with Crippen molar-refractivity contribution in [2.45, 2.75) is 18.5 Å². The van der Waals surface area contributed by atoms with Gasteiger partial charge in [-0.05, 0) is 30.2 Å². The maximum absolute atomic E-state index is 12.0. The van der Waals surface area contributed by atoms with E-state index in [2.05, 4.69) is 4.29 Å². The fraction of sp³-hybridized carbons (Fsp3) is 0.385. The Kier molecular flexibility index (Phi) is 3.29. The number of amides is 2. The van der Waals surface area contributed by atoms with Crippen LogP contribution in [0.15, 0.2) is 18.2 Å². The minimum Gasteiger partial charge on any atom is -0.497 e. The zero-order chi connectivity index (χ0) is 15.1. The predicted molar refractivity (Wildman–Crippen MR) is 73.7 cm³/mol. The van der Waals surface area contributed by atoms with Crippen LogP contribution in [0.2, 0.25) is 0 Å². The van der Waals surface area contributed by atoms with Crippen LogP contribution in [0.5, 0.6) is 5.75 Å². The van der Waals surface area contributed by atoms with Crippen molar-refractivity contribution in [3.05, 3.63) is 23.8 Å². The van der Waals surface area contributed by atoms with Crippen LogP contribution in [0.25, 0.3) is 0 Å². The normalized spacial score (nSPS) is 22.8. The van der Waals surface area contributed by atoms with Crippen LogP contribution in [0, 0.1) is 0 Å². The molecule has 2 amide bonds. The molecule has 0 aromatic heterocycles. The van der Waals surface area contributed by atoms with Gasteiger partial charge in [-0.15, -0.1) is 0 Å². The summed E-state index contributed by atoms with van der Waals surface area (Å²) in [5.41, 5.74) is 1.47. The number of carbonyl (C=O) groups is 2. The molecular formula is C13H13ClN2O5. The molecule has 21 heavy (non-hydrogen) atoms. The van der Waals surface area contributed by atoms with Gasteiger partial charge in [0.2, 0.25) is 0 Å². The third kappa shape index (κ3) is 1.96. The fourth-order valence-electron chi connectivity index (χ4n) is 3.18. The predicted octanol–water partition coefficient (Wildman–Crippen LogP) is 2.60. The van der Waals surface area contributed by atoms with Crippen molar-refractivity contribution in [1.82, 2.24) is 4.90 Å². The average molecular weight is 313 g/mol. The number of rotatable bonds is 1. The molecular weight excluding hydrogens is 300 g/mol. The van der Waals surface area contributed by atoms with Gasteiger partial charge in [-0.1, -0.05) is 0 Å². The lowest BCUT2D eigenvalue weighted by atomic mass is 9.98. The highest BCUT2D eigenvalue weighted by molar-refractivity contribution is 6.15. The van der Waals surface area contributed by atoms with Crippen molar-refractivity contribution in [2.24, 2.45) is 0 Å². The zero-order valence-corrected chi connectivity index (χ0v) is 11.9. The summed E-state index contributed by atoms with van der Waals surface area (Å²) in [6.07, 6.45) is -1.86. The lowest BCUT2D eigenvalue weighted by Crippen LogP contribution is -2.48. The maximum atomic E-state index is 12.0. The molecule has 2 aliphatic rings. The van der Waals surface area contributed by atoms with Crippen molar-refractivity contribution >= 4 is 29.7 Å². The SMILES string of the molecule is COc1ccc2c(c1)C1CCN(C(=O)O)C1N2C(=O)OCl. The first-order valence-corrected chi connectivity index (χ1v) is 6.68. The molecule has 1 saturated heterocycles. The number of nitrogens with zero attached hydrogens (tertiary/aromatic N) is 2. The van der Waals surface area contributed by atoms with E-state index in [4.69, 9.17) is 16.6 Å². The molecule has 1 aromatic rings. The molecule has 3 rings (SSSR count). The van der Waals surface area contributed by atoms with E-state index in [0.717, 1.165) is 5.56 Å². The summed E-state index contributed by atoms with van der Waals surface area (Å²) in [6.45, 7) is 0.355. The minimum atomic E-state index is -1.07. The monoisotopic (exact) mass is 312 g/mol. The van der Waals surface area contributed by atoms with Crippen LogP contribution in [0.4, 0.5) is 15.3 Å². The largest absolute Gasteiger partial charge is 0.497 e. The molecule has 0 aliphatic carbocycles. The van der Waals surface area contributed by atoms with Gasteiger partial charge in [0.25, 0.3) is 0 Å². The second-order valence-corrected chi connectivity index (χ2v) is 5.08. The Balaban J connectivity index is 2.09. The Morgan fingerprint density at radius 2 is 2.19 bits per heavy atom. The molecule has 0 bridgehead atoms. The molecule has 1 N–H and O–H groups in total. The summed E-state index contributed by atoms with van der Waals surface area (Å²) < 4.78 is 9.49. The summed E-state index contributed by atoms with van der Waals surface area (Å²) in [5.74, 6) is 0.546. The first kappa shape index (κ1) is 13.8. The molecule has 2 atom stereocenters. The topological polar surface area (TPSA) is 79.3 Å². The van der Waals surface area contributed by atoms with Gasteiger partial charge in [0.15, 0.2) is 0 Å². The summed E-state index contributed by atoms with van der Waals surface area (Å²) in [5, 5.41) is 9.30. The number of fused-ring (bicyclic) bond motifs is 3. The lowest BCUT2D eigenvalue weighted by molar-refractivity contribution is 0.137. The quantitative estimate of drug-likeness (QED) is 0.862. The fourth-order valence-corrected chi connectivity index (χ4v) is 3.26. The van der Waals surface area contributed by atoms with E-state index in [1.54, 1.807) is 19.2 Å². The van der Waals surface area contributed by atoms with E-state index in [-0.39, 0.29) is 5.92 Å². The van der Waals surface area contributed by atoms with Crippen LogP contribution < -0.4 is 9.64 Å². The van der Waals surface area contributed by atoms with Crippen molar-refractivity contribution < 1.29 is 23.7 Å².